The molecule has 0 saturated heterocycles. The number of benzene rings is 1. The number of aliphatic carboxylic acids is 1. The van der Waals surface area contributed by atoms with Crippen molar-refractivity contribution in [2.75, 3.05) is 0 Å². The van der Waals surface area contributed by atoms with Gasteiger partial charge in [0.25, 0.3) is 0 Å². The maximum absolute atomic E-state index is 11.1. The second-order valence-electron chi connectivity index (χ2n) is 3.55. The molecule has 6 heteroatoms. The van der Waals surface area contributed by atoms with Crippen LogP contribution in [-0.2, 0) is 16.0 Å². The molecule has 0 fully saturated rings. The predicted octanol–water partition coefficient (Wildman–Crippen LogP) is 1.55. The molecule has 1 atom stereocenters. The summed E-state index contributed by atoms with van der Waals surface area (Å²) < 4.78 is 1.00. The van der Waals surface area contributed by atoms with E-state index in [0.717, 1.165) is 9.49 Å². The molecule has 0 radical (unpaired) electrons. The molecular formula is C11H12BrNO4. The van der Waals surface area contributed by atoms with Gasteiger partial charge in [-0.1, -0.05) is 12.1 Å². The van der Waals surface area contributed by atoms with Crippen molar-refractivity contribution in [3.63, 3.8) is 0 Å². The maximum atomic E-state index is 11.1. The first-order chi connectivity index (χ1) is 7.91. The number of amides is 1. The number of carboxylic acid groups (broad SMARTS) is 1. The summed E-state index contributed by atoms with van der Waals surface area (Å²) in [6.07, 6.45) is 0.167. The second kappa shape index (κ2) is 5.67. The Bertz CT molecular complexity index is 418. The van der Waals surface area contributed by atoms with Gasteiger partial charge in [0.15, 0.2) is 0 Å². The van der Waals surface area contributed by atoms with Gasteiger partial charge in [-0.25, -0.2) is 4.79 Å². The van der Waals surface area contributed by atoms with Gasteiger partial charge in [0.1, 0.15) is 11.8 Å². The first kappa shape index (κ1) is 13.5. The smallest absolute Gasteiger partial charge is 0.327 e. The number of carbonyl (C=O) groups excluding carboxylic acids is 1. The number of aromatic hydroxyl groups is 1. The van der Waals surface area contributed by atoms with E-state index in [4.69, 9.17) is 10.2 Å². The summed E-state index contributed by atoms with van der Waals surface area (Å²) in [5.41, 5.74) is 0.723. The normalized spacial score (nSPS) is 11.9. The molecule has 0 aliphatic rings. The van der Waals surface area contributed by atoms with E-state index in [0.29, 0.717) is 0 Å². The first-order valence-corrected chi connectivity index (χ1v) is 5.59. The largest absolute Gasteiger partial charge is 0.508 e. The van der Waals surface area contributed by atoms with Crippen LogP contribution in [0.2, 0.25) is 0 Å². The summed E-state index contributed by atoms with van der Waals surface area (Å²) in [5, 5.41) is 18.1. The van der Waals surface area contributed by atoms with E-state index in [-0.39, 0.29) is 18.1 Å². The van der Waals surface area contributed by atoms with E-state index >= 15 is 0 Å². The SMILES string of the molecule is CC(=O)N(Br)[C@@H](Cc1ccc(O)cc1)C(=O)O. The molecule has 0 saturated carbocycles. The van der Waals surface area contributed by atoms with Crippen LogP contribution in [-0.4, -0.2) is 32.1 Å². The summed E-state index contributed by atoms with van der Waals surface area (Å²) in [4.78, 5) is 22.2. The summed E-state index contributed by atoms with van der Waals surface area (Å²) in [6, 6.07) is 5.21. The number of halogens is 1. The molecule has 1 aromatic rings. The lowest BCUT2D eigenvalue weighted by Crippen LogP contribution is -2.39. The summed E-state index contributed by atoms with van der Waals surface area (Å²) >= 11 is 2.93. The molecule has 0 heterocycles. The van der Waals surface area contributed by atoms with E-state index in [1.54, 1.807) is 12.1 Å². The average Bonchev–Trinajstić information content (AvgIpc) is 2.26. The maximum Gasteiger partial charge on any atom is 0.327 e. The van der Waals surface area contributed by atoms with Crippen LogP contribution < -0.4 is 0 Å². The van der Waals surface area contributed by atoms with Crippen LogP contribution in [0.5, 0.6) is 5.75 Å². The van der Waals surface area contributed by atoms with Crippen LogP contribution in [0.3, 0.4) is 0 Å². The van der Waals surface area contributed by atoms with E-state index in [1.807, 2.05) is 0 Å². The molecule has 0 bridgehead atoms. The van der Waals surface area contributed by atoms with Crippen LogP contribution in [0.15, 0.2) is 24.3 Å². The molecule has 5 nitrogen and oxygen atoms in total. The Kier molecular flexibility index (Phi) is 4.51. The van der Waals surface area contributed by atoms with Gasteiger partial charge in [-0.05, 0) is 17.7 Å². The molecule has 1 rings (SSSR count). The summed E-state index contributed by atoms with van der Waals surface area (Å²) in [5.74, 6) is -1.36. The van der Waals surface area contributed by atoms with Gasteiger partial charge in [-0.15, -0.1) is 0 Å². The quantitative estimate of drug-likeness (QED) is 0.827. The molecule has 0 spiro atoms. The zero-order valence-corrected chi connectivity index (χ0v) is 10.7. The Morgan fingerprint density at radius 1 is 1.35 bits per heavy atom. The number of phenolic OH excluding ortho intramolecular Hbond substituents is 1. The molecule has 17 heavy (non-hydrogen) atoms. The Morgan fingerprint density at radius 2 is 1.88 bits per heavy atom. The lowest BCUT2D eigenvalue weighted by atomic mass is 10.1. The van der Waals surface area contributed by atoms with Gasteiger partial charge < -0.3 is 10.2 Å². The van der Waals surface area contributed by atoms with Crippen molar-refractivity contribution in [1.82, 2.24) is 3.93 Å². The van der Waals surface area contributed by atoms with Gasteiger partial charge in [-0.2, -0.15) is 0 Å². The van der Waals surface area contributed by atoms with Crippen molar-refractivity contribution in [3.05, 3.63) is 29.8 Å². The highest BCUT2D eigenvalue weighted by atomic mass is 79.9. The van der Waals surface area contributed by atoms with Crippen LogP contribution in [0.4, 0.5) is 0 Å². The fourth-order valence-corrected chi connectivity index (χ4v) is 1.66. The standard InChI is InChI=1S/C11H12BrNO4/c1-7(14)13(12)10(11(16)17)6-8-2-4-9(15)5-3-8/h2-5,10,15H,6H2,1H3,(H,16,17)/t10-/m0/s1. The van der Waals surface area contributed by atoms with Gasteiger partial charge in [-0.3, -0.25) is 8.72 Å². The van der Waals surface area contributed by atoms with Crippen LogP contribution in [0.1, 0.15) is 12.5 Å². The number of hydrogen-bond acceptors (Lipinski definition) is 3. The molecular weight excluding hydrogens is 290 g/mol. The average molecular weight is 302 g/mol. The monoisotopic (exact) mass is 301 g/mol. The number of carbonyl (C=O) groups is 2. The lowest BCUT2D eigenvalue weighted by molar-refractivity contribution is -0.144. The first-order valence-electron chi connectivity index (χ1n) is 4.88. The number of hydrogen-bond donors (Lipinski definition) is 2. The number of rotatable bonds is 4. The van der Waals surface area contributed by atoms with Crippen molar-refractivity contribution in [3.8, 4) is 5.75 Å². The molecule has 92 valence electrons. The molecule has 0 aromatic heterocycles. The molecule has 1 aromatic carbocycles. The highest BCUT2D eigenvalue weighted by Gasteiger charge is 2.26. The van der Waals surface area contributed by atoms with Crippen LogP contribution in [0.25, 0.3) is 0 Å². The fraction of sp³-hybridized carbons (Fsp3) is 0.273. The number of phenols is 1. The number of carboxylic acids is 1. The highest BCUT2D eigenvalue weighted by molar-refractivity contribution is 9.07. The molecule has 0 aliphatic heterocycles. The molecule has 1 amide bonds. The molecule has 0 aliphatic carbocycles. The van der Waals surface area contributed by atoms with Gasteiger partial charge in [0, 0.05) is 13.3 Å². The van der Waals surface area contributed by atoms with Crippen molar-refractivity contribution < 1.29 is 19.8 Å². The third-order valence-corrected chi connectivity index (χ3v) is 3.22. The van der Waals surface area contributed by atoms with Gasteiger partial charge in [0.2, 0.25) is 5.91 Å². The molecule has 2 N–H and O–H groups in total. The second-order valence-corrected chi connectivity index (χ2v) is 4.32. The predicted molar refractivity (Wildman–Crippen MR) is 64.7 cm³/mol. The minimum atomic E-state index is -1.09. The topological polar surface area (TPSA) is 77.8 Å². The highest BCUT2D eigenvalue weighted by Crippen LogP contribution is 2.16. The van der Waals surface area contributed by atoms with Crippen LogP contribution >= 0.6 is 16.1 Å². The van der Waals surface area contributed by atoms with E-state index in [9.17, 15) is 9.59 Å². The fourth-order valence-electron chi connectivity index (χ4n) is 1.34. The Hall–Kier alpha value is -1.56. The van der Waals surface area contributed by atoms with Crippen molar-refractivity contribution in [2.45, 2.75) is 19.4 Å². The van der Waals surface area contributed by atoms with Crippen molar-refractivity contribution in [2.24, 2.45) is 0 Å². The zero-order valence-electron chi connectivity index (χ0n) is 9.13. The third-order valence-electron chi connectivity index (χ3n) is 2.22. The Balaban J connectivity index is 2.84. The van der Waals surface area contributed by atoms with E-state index < -0.39 is 12.0 Å². The minimum absolute atomic E-state index is 0.114. The lowest BCUT2D eigenvalue weighted by Gasteiger charge is -2.21. The summed E-state index contributed by atoms with van der Waals surface area (Å²) in [6.45, 7) is 1.28. The minimum Gasteiger partial charge on any atom is -0.508 e. The number of nitrogens with zero attached hydrogens (tertiary/aromatic N) is 1. The van der Waals surface area contributed by atoms with E-state index in [1.165, 1.54) is 19.1 Å². The van der Waals surface area contributed by atoms with Gasteiger partial charge in [0.05, 0.1) is 16.1 Å². The Labute approximate surface area is 107 Å². The van der Waals surface area contributed by atoms with Crippen molar-refractivity contribution in [1.29, 1.82) is 0 Å². The summed E-state index contributed by atoms with van der Waals surface area (Å²) in [7, 11) is 0. The van der Waals surface area contributed by atoms with Crippen molar-refractivity contribution >= 4 is 28.0 Å². The Morgan fingerprint density at radius 3 is 2.29 bits per heavy atom. The van der Waals surface area contributed by atoms with E-state index in [2.05, 4.69) is 16.1 Å². The van der Waals surface area contributed by atoms with Crippen LogP contribution in [0, 0.1) is 0 Å². The molecule has 0 unspecified atom stereocenters. The third kappa shape index (κ3) is 3.74. The van der Waals surface area contributed by atoms with Gasteiger partial charge >= 0.3 is 5.97 Å². The zero-order chi connectivity index (χ0) is 13.0.